The van der Waals surface area contributed by atoms with E-state index in [4.69, 9.17) is 62.7 Å². The van der Waals surface area contributed by atoms with Crippen molar-refractivity contribution in [1.82, 2.24) is 0 Å². The highest BCUT2D eigenvalue weighted by Gasteiger charge is 2.44. The van der Waals surface area contributed by atoms with Crippen LogP contribution in [0.1, 0.15) is 344 Å². The number of hydrogen-bond donors (Lipinski definition) is 14. The molecule has 2 rings (SSSR count). The zero-order chi connectivity index (χ0) is 83.5. The van der Waals surface area contributed by atoms with Gasteiger partial charge in [-0.15, -0.1) is 0 Å². The Hall–Kier alpha value is -1.84. The van der Waals surface area contributed by atoms with Gasteiger partial charge in [-0.3, -0.25) is 31.5 Å². The van der Waals surface area contributed by atoms with Crippen LogP contribution in [-0.4, -0.2) is 98.1 Å². The van der Waals surface area contributed by atoms with Gasteiger partial charge in [-0.25, -0.2) is 31.2 Å². The molecule has 0 aromatic heterocycles. The van der Waals surface area contributed by atoms with E-state index in [9.17, 15) is 15.3 Å². The molecule has 0 aromatic rings. The van der Waals surface area contributed by atoms with E-state index in [1.165, 1.54) is 12.0 Å². The number of hydrogen-bond acceptors (Lipinski definition) is 33. The molecule has 0 amide bonds. The highest BCUT2D eigenvalue weighted by atomic mass is 18.0. The lowest BCUT2D eigenvalue weighted by molar-refractivity contribution is -0.889. The van der Waals surface area contributed by atoms with Gasteiger partial charge in [0.25, 0.3) is 0 Å². The van der Waals surface area contributed by atoms with Crippen LogP contribution in [0.2, 0.25) is 0 Å². The minimum Gasteiger partial charge on any atom is -0.390 e. The first kappa shape index (κ1) is 170. The smallest absolute Gasteiger partial charge is 0.106 e. The maximum atomic E-state index is 10.7. The van der Waals surface area contributed by atoms with Crippen molar-refractivity contribution in [1.29, 1.82) is 0 Å². The summed E-state index contributed by atoms with van der Waals surface area (Å²) < 4.78 is 0. The fourth-order valence-electron chi connectivity index (χ4n) is 4.71. The predicted octanol–water partition coefficient (Wildman–Crippen LogP) is 23.3. The fourth-order valence-corrected chi connectivity index (χ4v) is 4.71. The number of aliphatic hydroxyl groups excluding tert-OH is 3. The molecule has 95 heavy (non-hydrogen) atoms. The third-order valence-electron chi connectivity index (χ3n) is 6.80. The van der Waals surface area contributed by atoms with Gasteiger partial charge >= 0.3 is 0 Å². The monoisotopic (exact) mass is 1440 g/mol. The summed E-state index contributed by atoms with van der Waals surface area (Å²) in [5.74, 6) is -0.188. The second kappa shape index (κ2) is 271. The van der Waals surface area contributed by atoms with Crippen LogP contribution in [-0.2, 0) is 95.6 Å². The van der Waals surface area contributed by atoms with Gasteiger partial charge in [-0.1, -0.05) is 345 Å². The average molecular weight is 1440 g/mol. The molecule has 33 heteroatoms. The Kier molecular flexibility index (Phi) is 486. The van der Waals surface area contributed by atoms with Gasteiger partial charge in [0.2, 0.25) is 0 Å². The molecule has 1 fully saturated rings. The molecule has 1 saturated carbocycles. The average Bonchev–Trinajstić information content (AvgIpc) is 0.806. The molecule has 0 aromatic carbocycles. The second-order valence-electron chi connectivity index (χ2n) is 9.60. The van der Waals surface area contributed by atoms with Crippen molar-refractivity contribution in [3.8, 4) is 0 Å². The molecule has 0 aliphatic heterocycles. The largest absolute Gasteiger partial charge is 0.390 e. The molecular weight excluding hydrogens is 1270 g/mol. The number of aliphatic hydroxyl groups is 3. The lowest BCUT2D eigenvalue weighted by atomic mass is 9.67. The lowest BCUT2D eigenvalue weighted by Crippen LogP contribution is -2.52. The van der Waals surface area contributed by atoms with Gasteiger partial charge in [0.1, 0.15) is 6.10 Å². The van der Waals surface area contributed by atoms with Gasteiger partial charge in [0, 0.05) is 5.92 Å². The summed E-state index contributed by atoms with van der Waals surface area (Å²) in [5, 5.41) is 164. The molecule has 2 aliphatic carbocycles. The zero-order valence-corrected chi connectivity index (χ0v) is 69.5. The normalized spacial score (nSPS) is 14.4. The minimum atomic E-state index is -1.39. The first-order valence-corrected chi connectivity index (χ1v) is 34.4. The van der Waals surface area contributed by atoms with Crippen LogP contribution < -0.4 is 0 Å². The zero-order valence-electron chi connectivity index (χ0n) is 69.5. The third kappa shape index (κ3) is 188. The Morgan fingerprint density at radius 3 is 0.747 bits per heavy atom. The maximum Gasteiger partial charge on any atom is 0.106 e. The van der Waals surface area contributed by atoms with Crippen molar-refractivity contribution >= 4 is 0 Å². The maximum absolute atomic E-state index is 10.7. The van der Waals surface area contributed by atoms with Crippen LogP contribution in [0.3, 0.4) is 0 Å². The molecule has 2 aliphatic rings. The standard InChI is InChI=1S/C19H32O21.C3H8.20C2H6.2H2O3.3H2O2/c1-5-13-6-10(2)11(3)16(12(13)4)8-14-7-15(18(21)19(22)17(14)20)9-24-26-28-30-32-34-36-38-40-39-37-35-33-31-29-27-25-23;1-3-2;20*1-2;2*1-3-2;3*1-2/h12-15,17-23H,2,5-9H2,1,3-4H3;3H2,1-2H3;20*1-2H3;2*1-2H;3*1-2H/t12-,13+,14+,15-,17+,18-,19-;;;;;;;;;;;;;;;;;;;;;;;;;;/m1........................../s1. The lowest BCUT2D eigenvalue weighted by Gasteiger charge is -2.42. The summed E-state index contributed by atoms with van der Waals surface area (Å²) in [6, 6.07) is 0. The quantitative estimate of drug-likeness (QED) is 0.0288. The van der Waals surface area contributed by atoms with Gasteiger partial charge in [0.15, 0.2) is 0 Å². The van der Waals surface area contributed by atoms with Gasteiger partial charge in [0.05, 0.1) is 18.8 Å². The first-order valence-electron chi connectivity index (χ1n) is 34.4. The topological polar surface area (TPSA) is 459 Å². The molecule has 616 valence electrons. The van der Waals surface area contributed by atoms with Crippen LogP contribution in [0, 0.1) is 23.7 Å². The summed E-state index contributed by atoms with van der Waals surface area (Å²) in [6.07, 6.45) is 0.270. The summed E-state index contributed by atoms with van der Waals surface area (Å²) in [6.45, 7) is 94.5. The Morgan fingerprint density at radius 2 is 0.537 bits per heavy atom. The molecule has 33 nitrogen and oxygen atoms in total. The van der Waals surface area contributed by atoms with E-state index in [1.807, 2.05) is 284 Å². The molecule has 0 heterocycles. The van der Waals surface area contributed by atoms with Crippen molar-refractivity contribution in [3.05, 3.63) is 23.3 Å². The van der Waals surface area contributed by atoms with E-state index in [0.29, 0.717) is 24.7 Å². The van der Waals surface area contributed by atoms with E-state index in [2.05, 4.69) is 125 Å². The predicted molar refractivity (Wildman–Crippen MR) is 381 cm³/mol. The van der Waals surface area contributed by atoms with Crippen molar-refractivity contribution in [2.24, 2.45) is 23.7 Å². The Labute approximate surface area is 582 Å². The van der Waals surface area contributed by atoms with Crippen LogP contribution in [0.25, 0.3) is 0 Å². The number of rotatable bonds is 21. The van der Waals surface area contributed by atoms with Gasteiger partial charge < -0.3 is 15.3 Å². The second-order valence-corrected chi connectivity index (χ2v) is 9.60. The molecule has 14 N–H and O–H groups in total. The van der Waals surface area contributed by atoms with E-state index < -0.39 is 24.2 Å². The van der Waals surface area contributed by atoms with Crippen molar-refractivity contribution < 1.29 is 169 Å². The van der Waals surface area contributed by atoms with E-state index >= 15 is 0 Å². The SMILES string of the molecule is C=C1C[C@H](CC)[C@@H](C)C(C[C@@H]2C[C@H](COOOOOOOOOOOOOOOOOO)[C@@H](O)[C@H](O)[C@H]2O)=C1C.CC.CC.CC.CC.CC.CC.CC.CC.CC.CC.CC.CC.CC.CC.CC.CC.CC.CC.CC.CC.CCC.OO.OO.OO.OOO.OOO. The summed E-state index contributed by atoms with van der Waals surface area (Å²) in [5.41, 5.74) is 3.40. The highest BCUT2D eigenvalue weighted by molar-refractivity contribution is 5.37. The van der Waals surface area contributed by atoms with E-state index in [0.717, 1.165) is 24.0 Å². The van der Waals surface area contributed by atoms with E-state index in [1.54, 1.807) is 0 Å². The summed E-state index contributed by atoms with van der Waals surface area (Å²) in [4.78, 5) is 4.81. The van der Waals surface area contributed by atoms with E-state index in [-0.39, 0.29) is 12.5 Å². The van der Waals surface area contributed by atoms with Crippen LogP contribution in [0.5, 0.6) is 0 Å². The van der Waals surface area contributed by atoms with Crippen molar-refractivity contribution in [2.75, 3.05) is 6.61 Å². The molecule has 0 saturated heterocycles. The highest BCUT2D eigenvalue weighted by Crippen LogP contribution is 2.44. The number of allylic oxidation sites excluding steroid dienone is 3. The molecule has 0 radical (unpaired) electrons. The molecule has 0 bridgehead atoms. The Bertz CT molecular complexity index is 825. The molecular formula is C62H170O33. The fraction of sp³-hybridized carbons (Fsp3) is 0.935. The Morgan fingerprint density at radius 1 is 0.337 bits per heavy atom. The van der Waals surface area contributed by atoms with Gasteiger partial charge in [-0.2, -0.15) is 0 Å². The summed E-state index contributed by atoms with van der Waals surface area (Å²) >= 11 is 0. The van der Waals surface area contributed by atoms with Crippen molar-refractivity contribution in [2.45, 2.75) is 362 Å². The van der Waals surface area contributed by atoms with Crippen LogP contribution in [0.15, 0.2) is 23.3 Å². The molecule has 7 atom stereocenters. The minimum absolute atomic E-state index is 0.237. The van der Waals surface area contributed by atoms with Crippen molar-refractivity contribution in [3.63, 3.8) is 0 Å². The van der Waals surface area contributed by atoms with Gasteiger partial charge in [-0.05, 0) is 130 Å². The first-order chi connectivity index (χ1) is 46.6. The molecule has 0 unspecified atom stereocenters. The summed E-state index contributed by atoms with van der Waals surface area (Å²) in [7, 11) is 0. The Balaban J connectivity index is -0.0000000322. The third-order valence-corrected chi connectivity index (χ3v) is 6.80. The molecule has 0 spiro atoms. The van der Waals surface area contributed by atoms with Crippen LogP contribution >= 0.6 is 0 Å². The van der Waals surface area contributed by atoms with Crippen LogP contribution in [0.4, 0.5) is 0 Å².